The van der Waals surface area contributed by atoms with Crippen molar-refractivity contribution in [3.05, 3.63) is 123 Å². The minimum absolute atomic E-state index is 0. The van der Waals surface area contributed by atoms with Crippen LogP contribution in [0.2, 0.25) is 0 Å². The van der Waals surface area contributed by atoms with Crippen LogP contribution in [0.4, 0.5) is 17.1 Å². The molecule has 141 valence electrons. The molecule has 1 radical (unpaired) electrons. The Bertz CT molecular complexity index is 1010. The quantitative estimate of drug-likeness (QED) is 0.230. The molecule has 0 amide bonds. The van der Waals surface area contributed by atoms with Crippen LogP contribution in [-0.2, 0) is 20.1 Å². The van der Waals surface area contributed by atoms with Gasteiger partial charge in [-0.15, -0.1) is 5.56 Å². The van der Waals surface area contributed by atoms with Gasteiger partial charge in [-0.25, -0.2) is 0 Å². The molecule has 0 saturated carbocycles. The zero-order valence-electron chi connectivity index (χ0n) is 15.5. The SMILES string of the molecule is [CH2-]c1ccc(N(c2ccccc2)c2ccccc2)cc1-c1cccc[n+]1[CH2-].[Ir]. The Morgan fingerprint density at radius 3 is 1.79 bits per heavy atom. The van der Waals surface area contributed by atoms with Gasteiger partial charge in [0, 0.05) is 44.2 Å². The van der Waals surface area contributed by atoms with Crippen molar-refractivity contribution in [3.63, 3.8) is 0 Å². The second kappa shape index (κ2) is 8.79. The van der Waals surface area contributed by atoms with Gasteiger partial charge in [-0.1, -0.05) is 66.7 Å². The van der Waals surface area contributed by atoms with Gasteiger partial charge in [-0.2, -0.15) is 18.6 Å². The van der Waals surface area contributed by atoms with Crippen molar-refractivity contribution in [1.82, 2.24) is 0 Å². The van der Waals surface area contributed by atoms with E-state index in [0.29, 0.717) is 0 Å². The zero-order valence-corrected chi connectivity index (χ0v) is 17.9. The summed E-state index contributed by atoms with van der Waals surface area (Å²) in [7, 11) is 4.10. The molecule has 3 aromatic carbocycles. The molecule has 4 aromatic rings. The molecule has 0 N–H and O–H groups in total. The normalized spacial score (nSPS) is 10.1. The fraction of sp³-hybridized carbons (Fsp3) is 0. The van der Waals surface area contributed by atoms with Crippen molar-refractivity contribution in [2.24, 2.45) is 0 Å². The number of hydrogen-bond acceptors (Lipinski definition) is 1. The summed E-state index contributed by atoms with van der Waals surface area (Å²) in [5.41, 5.74) is 6.39. The molecule has 0 aliphatic heterocycles. The first-order chi connectivity index (χ1) is 13.2. The molecule has 0 spiro atoms. The summed E-state index contributed by atoms with van der Waals surface area (Å²) in [6.07, 6.45) is 1.95. The van der Waals surface area contributed by atoms with E-state index in [2.05, 4.69) is 91.7 Å². The number of rotatable bonds is 4. The molecule has 0 unspecified atom stereocenters. The van der Waals surface area contributed by atoms with Gasteiger partial charge < -0.3 is 9.47 Å². The van der Waals surface area contributed by atoms with Crippen molar-refractivity contribution in [2.75, 3.05) is 4.90 Å². The van der Waals surface area contributed by atoms with Crippen molar-refractivity contribution in [1.29, 1.82) is 0 Å². The van der Waals surface area contributed by atoms with Crippen molar-refractivity contribution in [2.45, 2.75) is 0 Å². The van der Waals surface area contributed by atoms with Gasteiger partial charge in [-0.05, 0) is 24.3 Å². The molecule has 3 heteroatoms. The van der Waals surface area contributed by atoms with E-state index >= 15 is 0 Å². The second-order valence-electron chi connectivity index (χ2n) is 6.40. The van der Waals surface area contributed by atoms with Gasteiger partial charge in [0.05, 0.1) is 11.9 Å². The average molecular weight is 542 g/mol. The molecule has 4 rings (SSSR count). The van der Waals surface area contributed by atoms with Crippen LogP contribution in [-0.4, -0.2) is 0 Å². The predicted molar refractivity (Wildman–Crippen MR) is 112 cm³/mol. The average Bonchev–Trinajstić information content (AvgIpc) is 2.72. The summed E-state index contributed by atoms with van der Waals surface area (Å²) < 4.78 is 1.88. The third-order valence-electron chi connectivity index (χ3n) is 4.60. The largest absolute Gasteiger partial charge is 0.343 e. The molecule has 0 bridgehead atoms. The molecule has 0 aliphatic rings. The minimum Gasteiger partial charge on any atom is -0.343 e. The third kappa shape index (κ3) is 3.96. The number of para-hydroxylation sites is 2. The summed E-state index contributed by atoms with van der Waals surface area (Å²) in [6, 6.07) is 33.2. The molecule has 0 aliphatic carbocycles. The Morgan fingerprint density at radius 2 is 1.21 bits per heavy atom. The molecule has 1 heterocycles. The number of hydrogen-bond donors (Lipinski definition) is 0. The van der Waals surface area contributed by atoms with E-state index in [1.165, 1.54) is 0 Å². The van der Waals surface area contributed by atoms with Gasteiger partial charge in [0.1, 0.15) is 0 Å². The minimum atomic E-state index is 0. The molecule has 28 heavy (non-hydrogen) atoms. The number of benzene rings is 3. The summed E-state index contributed by atoms with van der Waals surface area (Å²) in [5.74, 6) is 0. The van der Waals surface area contributed by atoms with Gasteiger partial charge in [0.15, 0.2) is 0 Å². The Labute approximate surface area is 180 Å². The summed E-state index contributed by atoms with van der Waals surface area (Å²) in [6.45, 7) is 4.22. The molecule has 0 saturated heterocycles. The smallest absolute Gasteiger partial charge is 0.0686 e. The van der Waals surface area contributed by atoms with Crippen LogP contribution in [0.5, 0.6) is 0 Å². The molecule has 0 fully saturated rings. The molecular formula is C25H21IrN2-. The van der Waals surface area contributed by atoms with Crippen LogP contribution in [0, 0.1) is 14.0 Å². The second-order valence-corrected chi connectivity index (χ2v) is 6.40. The molecule has 1 aromatic heterocycles. The van der Waals surface area contributed by atoms with Crippen molar-refractivity contribution >= 4 is 17.1 Å². The van der Waals surface area contributed by atoms with Crippen molar-refractivity contribution < 1.29 is 24.7 Å². The molecule has 2 nitrogen and oxygen atoms in total. The van der Waals surface area contributed by atoms with Crippen LogP contribution in [0.15, 0.2) is 103 Å². The van der Waals surface area contributed by atoms with Crippen LogP contribution in [0.25, 0.3) is 11.3 Å². The first-order valence-corrected chi connectivity index (χ1v) is 8.92. The zero-order chi connectivity index (χ0) is 18.6. The topological polar surface area (TPSA) is 7.12 Å². The fourth-order valence-electron chi connectivity index (χ4n) is 3.26. The Balaban J connectivity index is 0.00000225. The first-order valence-electron chi connectivity index (χ1n) is 8.92. The van der Waals surface area contributed by atoms with E-state index in [1.54, 1.807) is 0 Å². The van der Waals surface area contributed by atoms with Crippen molar-refractivity contribution in [3.8, 4) is 11.3 Å². The molecular weight excluding hydrogens is 521 g/mol. The molecule has 0 atom stereocenters. The fourth-order valence-corrected chi connectivity index (χ4v) is 3.26. The van der Waals surface area contributed by atoms with Gasteiger partial charge in [-0.3, -0.25) is 0 Å². The summed E-state index contributed by atoms with van der Waals surface area (Å²) in [5, 5.41) is 0. The van der Waals surface area contributed by atoms with Gasteiger partial charge >= 0.3 is 0 Å². The van der Waals surface area contributed by atoms with E-state index in [1.807, 2.05) is 35.0 Å². The van der Waals surface area contributed by atoms with E-state index in [4.69, 9.17) is 0 Å². The van der Waals surface area contributed by atoms with Gasteiger partial charge in [0.2, 0.25) is 0 Å². The number of nitrogens with zero attached hydrogens (tertiary/aromatic N) is 2. The monoisotopic (exact) mass is 542 g/mol. The first kappa shape index (κ1) is 19.8. The summed E-state index contributed by atoms with van der Waals surface area (Å²) >= 11 is 0. The van der Waals surface area contributed by atoms with E-state index < -0.39 is 0 Å². The summed E-state index contributed by atoms with van der Waals surface area (Å²) in [4.78, 5) is 2.25. The maximum absolute atomic E-state index is 4.22. The number of pyridine rings is 1. The predicted octanol–water partition coefficient (Wildman–Crippen LogP) is 5.93. The van der Waals surface area contributed by atoms with Crippen LogP contribution >= 0.6 is 0 Å². The standard InChI is InChI=1S/C25H21N2.Ir/c1-20-16-17-23(19-24(20)25-15-9-10-18-26(25)2)27(21-11-5-3-6-12-21)22-13-7-4-8-14-22;/h3-19H,1-2H2;/q-1;. The number of aromatic nitrogens is 1. The van der Waals surface area contributed by atoms with E-state index in [-0.39, 0.29) is 20.1 Å². The maximum atomic E-state index is 4.22. The van der Waals surface area contributed by atoms with Crippen LogP contribution in [0.3, 0.4) is 0 Å². The van der Waals surface area contributed by atoms with E-state index in [0.717, 1.165) is 33.9 Å². The Hall–Kier alpha value is -3.00. The third-order valence-corrected chi connectivity index (χ3v) is 4.60. The van der Waals surface area contributed by atoms with Gasteiger partial charge in [0.25, 0.3) is 0 Å². The number of anilines is 3. The maximum Gasteiger partial charge on any atom is 0.0686 e. The Morgan fingerprint density at radius 1 is 0.643 bits per heavy atom. The van der Waals surface area contributed by atoms with Crippen LogP contribution in [0.1, 0.15) is 5.56 Å². The van der Waals surface area contributed by atoms with E-state index in [9.17, 15) is 0 Å². The van der Waals surface area contributed by atoms with Crippen LogP contribution < -0.4 is 9.47 Å². The Kier molecular flexibility index (Phi) is 6.20.